The number of hydrogen-bond donors (Lipinski definition) is 3. The van der Waals surface area contributed by atoms with Crippen molar-refractivity contribution in [1.29, 1.82) is 0 Å². The number of aliphatic carboxylic acids is 1. The zero-order chi connectivity index (χ0) is 13.8. The maximum Gasteiger partial charge on any atom is 0.330 e. The molecule has 1 saturated carbocycles. The summed E-state index contributed by atoms with van der Waals surface area (Å²) in [6.45, 7) is 4.72. The number of carboxylic acids is 1. The molecule has 0 saturated heterocycles. The van der Waals surface area contributed by atoms with Gasteiger partial charge in [0.15, 0.2) is 6.04 Å². The van der Waals surface area contributed by atoms with Crippen LogP contribution in [0.5, 0.6) is 0 Å². The standard InChI is InChI=1S/C13H24N2O3/c1-13(2,9-6-4-3-5-7-9)8-15-11(16)10(14)12(17)18/h9-10H,3-8,14H2,1-2H3,(H,15,16)(H,17,18). The third-order valence-electron chi connectivity index (χ3n) is 3.98. The number of carbonyl (C=O) groups excluding carboxylic acids is 1. The number of nitrogens with two attached hydrogens (primary N) is 1. The molecule has 1 amide bonds. The van der Waals surface area contributed by atoms with Gasteiger partial charge in [-0.05, 0) is 24.2 Å². The van der Waals surface area contributed by atoms with Gasteiger partial charge in [0.1, 0.15) is 0 Å². The summed E-state index contributed by atoms with van der Waals surface area (Å²) < 4.78 is 0. The summed E-state index contributed by atoms with van der Waals surface area (Å²) in [4.78, 5) is 22.1. The summed E-state index contributed by atoms with van der Waals surface area (Å²) in [7, 11) is 0. The van der Waals surface area contributed by atoms with E-state index in [9.17, 15) is 9.59 Å². The number of carboxylic acid groups (broad SMARTS) is 1. The van der Waals surface area contributed by atoms with Crippen LogP contribution in [0.1, 0.15) is 46.0 Å². The molecule has 0 aromatic heterocycles. The van der Waals surface area contributed by atoms with Gasteiger partial charge in [-0.2, -0.15) is 0 Å². The highest BCUT2D eigenvalue weighted by Gasteiger charge is 2.32. The first-order valence-electron chi connectivity index (χ1n) is 6.60. The molecular formula is C13H24N2O3. The average molecular weight is 256 g/mol. The maximum absolute atomic E-state index is 11.5. The highest BCUT2D eigenvalue weighted by molar-refractivity contribution is 6.00. The highest BCUT2D eigenvalue weighted by Crippen LogP contribution is 2.37. The van der Waals surface area contributed by atoms with Gasteiger partial charge in [-0.3, -0.25) is 4.79 Å². The van der Waals surface area contributed by atoms with Gasteiger partial charge in [-0.15, -0.1) is 0 Å². The van der Waals surface area contributed by atoms with Gasteiger partial charge in [0.2, 0.25) is 5.91 Å². The van der Waals surface area contributed by atoms with Gasteiger partial charge in [-0.25, -0.2) is 4.79 Å². The first-order valence-corrected chi connectivity index (χ1v) is 6.60. The molecule has 5 nitrogen and oxygen atoms in total. The van der Waals surface area contributed by atoms with E-state index in [2.05, 4.69) is 19.2 Å². The van der Waals surface area contributed by atoms with Crippen LogP contribution in [0.15, 0.2) is 0 Å². The van der Waals surface area contributed by atoms with Crippen molar-refractivity contribution in [1.82, 2.24) is 5.32 Å². The summed E-state index contributed by atoms with van der Waals surface area (Å²) in [6, 6.07) is -1.47. The topological polar surface area (TPSA) is 92.4 Å². The smallest absolute Gasteiger partial charge is 0.330 e. The average Bonchev–Trinajstić information content (AvgIpc) is 2.36. The van der Waals surface area contributed by atoms with Crippen LogP contribution in [0.25, 0.3) is 0 Å². The van der Waals surface area contributed by atoms with E-state index in [0.717, 1.165) is 0 Å². The molecule has 0 radical (unpaired) electrons. The van der Waals surface area contributed by atoms with E-state index in [4.69, 9.17) is 10.8 Å². The zero-order valence-corrected chi connectivity index (χ0v) is 11.2. The lowest BCUT2D eigenvalue weighted by Crippen LogP contribution is -2.49. The number of nitrogens with one attached hydrogen (secondary N) is 1. The van der Waals surface area contributed by atoms with Crippen LogP contribution in [0.4, 0.5) is 0 Å². The molecule has 0 spiro atoms. The molecule has 1 aliphatic carbocycles. The second-order valence-corrected chi connectivity index (χ2v) is 5.86. The number of hydrogen-bond acceptors (Lipinski definition) is 3. The number of amides is 1. The zero-order valence-electron chi connectivity index (χ0n) is 11.2. The fraction of sp³-hybridized carbons (Fsp3) is 0.846. The molecule has 4 N–H and O–H groups in total. The quantitative estimate of drug-likeness (QED) is 0.643. The highest BCUT2D eigenvalue weighted by atomic mass is 16.4. The first-order chi connectivity index (χ1) is 8.34. The molecule has 1 rings (SSSR count). The fourth-order valence-corrected chi connectivity index (χ4v) is 2.57. The van der Waals surface area contributed by atoms with E-state index in [-0.39, 0.29) is 5.41 Å². The molecule has 0 bridgehead atoms. The van der Waals surface area contributed by atoms with Crippen LogP contribution in [0.3, 0.4) is 0 Å². The second kappa shape index (κ2) is 6.18. The molecule has 18 heavy (non-hydrogen) atoms. The first kappa shape index (κ1) is 15.0. The van der Waals surface area contributed by atoms with E-state index in [1.807, 2.05) is 0 Å². The monoisotopic (exact) mass is 256 g/mol. The van der Waals surface area contributed by atoms with Crippen molar-refractivity contribution < 1.29 is 14.7 Å². The van der Waals surface area contributed by atoms with Crippen molar-refractivity contribution in [3.05, 3.63) is 0 Å². The van der Waals surface area contributed by atoms with Gasteiger partial charge >= 0.3 is 5.97 Å². The van der Waals surface area contributed by atoms with E-state index >= 15 is 0 Å². The Bertz CT molecular complexity index is 309. The largest absolute Gasteiger partial charge is 0.480 e. The predicted octanol–water partition coefficient (Wildman–Crippen LogP) is 1.12. The third kappa shape index (κ3) is 3.98. The molecule has 5 heteroatoms. The fourth-order valence-electron chi connectivity index (χ4n) is 2.57. The van der Waals surface area contributed by atoms with Crippen LogP contribution >= 0.6 is 0 Å². The summed E-state index contributed by atoms with van der Waals surface area (Å²) in [6.07, 6.45) is 6.16. The Morgan fingerprint density at radius 1 is 1.33 bits per heavy atom. The van der Waals surface area contributed by atoms with Crippen molar-refractivity contribution >= 4 is 11.9 Å². The summed E-state index contributed by atoms with van der Waals surface area (Å²) >= 11 is 0. The lowest BCUT2D eigenvalue weighted by Gasteiger charge is -2.37. The van der Waals surface area contributed by atoms with Crippen molar-refractivity contribution in [2.24, 2.45) is 17.1 Å². The van der Waals surface area contributed by atoms with E-state index in [1.54, 1.807) is 0 Å². The Morgan fingerprint density at radius 2 is 1.89 bits per heavy atom. The van der Waals surface area contributed by atoms with Crippen molar-refractivity contribution in [2.45, 2.75) is 52.0 Å². The number of carbonyl (C=O) groups is 2. The second-order valence-electron chi connectivity index (χ2n) is 5.86. The summed E-state index contributed by atoms with van der Waals surface area (Å²) in [5, 5.41) is 11.3. The minimum absolute atomic E-state index is 0.00565. The molecule has 0 heterocycles. The number of rotatable bonds is 5. The van der Waals surface area contributed by atoms with Crippen LogP contribution in [-0.4, -0.2) is 29.6 Å². The Hall–Kier alpha value is -1.10. The van der Waals surface area contributed by atoms with Gasteiger partial charge in [-0.1, -0.05) is 33.1 Å². The maximum atomic E-state index is 11.5. The van der Waals surface area contributed by atoms with Gasteiger partial charge in [0, 0.05) is 6.54 Å². The van der Waals surface area contributed by atoms with Gasteiger partial charge in [0.05, 0.1) is 0 Å². The molecular weight excluding hydrogens is 232 g/mol. The Morgan fingerprint density at radius 3 is 2.39 bits per heavy atom. The molecule has 104 valence electrons. The van der Waals surface area contributed by atoms with Crippen LogP contribution in [-0.2, 0) is 9.59 Å². The molecule has 1 aliphatic rings. The molecule has 1 fully saturated rings. The van der Waals surface area contributed by atoms with Gasteiger partial charge in [0.25, 0.3) is 0 Å². The van der Waals surface area contributed by atoms with E-state index < -0.39 is 17.9 Å². The Labute approximate surface area is 108 Å². The van der Waals surface area contributed by atoms with Crippen molar-refractivity contribution in [3.8, 4) is 0 Å². The lowest BCUT2D eigenvalue weighted by molar-refractivity contribution is -0.142. The molecule has 0 aromatic rings. The Balaban J connectivity index is 2.45. The third-order valence-corrected chi connectivity index (χ3v) is 3.98. The summed E-state index contributed by atoms with van der Waals surface area (Å²) in [5.74, 6) is -1.30. The van der Waals surface area contributed by atoms with Crippen LogP contribution in [0, 0.1) is 11.3 Å². The normalized spacial score (nSPS) is 19.3. The predicted molar refractivity (Wildman–Crippen MR) is 69.0 cm³/mol. The van der Waals surface area contributed by atoms with E-state index in [1.165, 1.54) is 32.1 Å². The molecule has 0 aromatic carbocycles. The summed E-state index contributed by atoms with van der Waals surface area (Å²) in [5.41, 5.74) is 5.25. The lowest BCUT2D eigenvalue weighted by atomic mass is 9.71. The minimum atomic E-state index is -1.47. The molecule has 0 aliphatic heterocycles. The van der Waals surface area contributed by atoms with Crippen LogP contribution < -0.4 is 11.1 Å². The van der Waals surface area contributed by atoms with Gasteiger partial charge < -0.3 is 16.2 Å². The van der Waals surface area contributed by atoms with Crippen molar-refractivity contribution in [2.75, 3.05) is 6.54 Å². The van der Waals surface area contributed by atoms with Crippen molar-refractivity contribution in [3.63, 3.8) is 0 Å². The van der Waals surface area contributed by atoms with Crippen LogP contribution in [0.2, 0.25) is 0 Å². The molecule has 1 atom stereocenters. The molecule has 1 unspecified atom stereocenters. The Kier molecular flexibility index (Phi) is 5.14. The minimum Gasteiger partial charge on any atom is -0.480 e. The SMILES string of the molecule is CC(C)(CNC(=O)C(N)C(=O)O)C1CCCCC1. The van der Waals surface area contributed by atoms with E-state index in [0.29, 0.717) is 12.5 Å².